The van der Waals surface area contributed by atoms with Crippen molar-refractivity contribution in [2.45, 2.75) is 58.8 Å². The van der Waals surface area contributed by atoms with Crippen molar-refractivity contribution in [1.29, 1.82) is 0 Å². The van der Waals surface area contributed by atoms with Gasteiger partial charge >= 0.3 is 6.09 Å². The molecule has 1 atom stereocenters. The summed E-state index contributed by atoms with van der Waals surface area (Å²) in [6.07, 6.45) is -0.563. The van der Waals surface area contributed by atoms with Gasteiger partial charge in [-0.3, -0.25) is 0 Å². The topological polar surface area (TPSA) is 78.3 Å². The predicted octanol–water partition coefficient (Wildman–Crippen LogP) is 3.32. The second-order valence-corrected chi connectivity index (χ2v) is 8.37. The molecule has 1 amide bonds. The number of nitrogens with zero attached hydrogens (tertiary/aromatic N) is 3. The molecule has 1 heterocycles. The van der Waals surface area contributed by atoms with Gasteiger partial charge in [0, 0.05) is 0 Å². The number of thiocarbonyl (C=S) groups is 1. The van der Waals surface area contributed by atoms with Crippen LogP contribution >= 0.6 is 12.2 Å². The zero-order valence-electron chi connectivity index (χ0n) is 16.1. The van der Waals surface area contributed by atoms with E-state index in [1.54, 1.807) is 25.5 Å². The number of benzene rings is 1. The Morgan fingerprint density at radius 3 is 2.46 bits per heavy atom. The van der Waals surface area contributed by atoms with Gasteiger partial charge in [-0.1, -0.05) is 29.6 Å². The third-order valence-electron chi connectivity index (χ3n) is 3.23. The van der Waals surface area contributed by atoms with Crippen LogP contribution in [0.5, 0.6) is 0 Å². The van der Waals surface area contributed by atoms with E-state index in [9.17, 15) is 4.79 Å². The first-order valence-electron chi connectivity index (χ1n) is 8.44. The monoisotopic (exact) mass is 378 g/mol. The Morgan fingerprint density at radius 1 is 1.19 bits per heavy atom. The lowest BCUT2D eigenvalue weighted by Crippen LogP contribution is -2.48. The fourth-order valence-electron chi connectivity index (χ4n) is 2.14. The molecule has 1 aromatic carbocycles. The first kappa shape index (κ1) is 20.3. The zero-order valence-corrected chi connectivity index (χ0v) is 16.9. The SMILES string of the molecule is CC(C)(C)OCC(NC(=O)OC(C)(C)C)C(=S)n1nnc2ccccc21. The van der Waals surface area contributed by atoms with Gasteiger partial charge in [-0.05, 0) is 53.7 Å². The highest BCUT2D eigenvalue weighted by atomic mass is 32.1. The molecule has 26 heavy (non-hydrogen) atoms. The molecule has 8 heteroatoms. The van der Waals surface area contributed by atoms with Crippen molar-refractivity contribution in [3.63, 3.8) is 0 Å². The lowest BCUT2D eigenvalue weighted by atomic mass is 10.2. The summed E-state index contributed by atoms with van der Waals surface area (Å²) in [5.74, 6) is 0. The van der Waals surface area contributed by atoms with E-state index in [-0.39, 0.29) is 12.2 Å². The molecule has 0 saturated carbocycles. The van der Waals surface area contributed by atoms with Crippen molar-refractivity contribution in [2.75, 3.05) is 6.61 Å². The fraction of sp³-hybridized carbons (Fsp3) is 0.556. The Labute approximate surface area is 159 Å². The Hall–Kier alpha value is -2.06. The number of carbonyl (C=O) groups excluding carboxylic acids is 1. The van der Waals surface area contributed by atoms with Crippen LogP contribution in [0.1, 0.15) is 41.5 Å². The summed E-state index contributed by atoms with van der Waals surface area (Å²) >= 11 is 5.58. The van der Waals surface area contributed by atoms with E-state index in [2.05, 4.69) is 15.6 Å². The van der Waals surface area contributed by atoms with E-state index < -0.39 is 17.7 Å². The number of aromatic nitrogens is 3. The molecule has 0 aliphatic heterocycles. The maximum absolute atomic E-state index is 12.2. The normalized spacial score (nSPS) is 13.5. The second kappa shape index (κ2) is 7.67. The summed E-state index contributed by atoms with van der Waals surface area (Å²) in [6, 6.07) is 6.89. The summed E-state index contributed by atoms with van der Waals surface area (Å²) in [5.41, 5.74) is 0.501. The molecule has 0 saturated heterocycles. The van der Waals surface area contributed by atoms with Crippen LogP contribution < -0.4 is 5.32 Å². The number of para-hydroxylation sites is 1. The number of hydrogen-bond donors (Lipinski definition) is 1. The van der Waals surface area contributed by atoms with Gasteiger partial charge in [-0.25, -0.2) is 9.48 Å². The molecule has 2 rings (SSSR count). The third kappa shape index (κ3) is 5.74. The molecule has 0 aliphatic carbocycles. The van der Waals surface area contributed by atoms with Crippen molar-refractivity contribution < 1.29 is 14.3 Å². The quantitative estimate of drug-likeness (QED) is 0.823. The number of alkyl carbamates (subject to hydrolysis) is 1. The number of amides is 1. The van der Waals surface area contributed by atoms with Crippen LogP contribution in [0.15, 0.2) is 24.3 Å². The van der Waals surface area contributed by atoms with Gasteiger partial charge < -0.3 is 14.8 Å². The summed E-state index contributed by atoms with van der Waals surface area (Å²) in [5, 5.41) is 11.0. The molecular weight excluding hydrogens is 352 g/mol. The van der Waals surface area contributed by atoms with Crippen molar-refractivity contribution in [3.8, 4) is 0 Å². The predicted molar refractivity (Wildman–Crippen MR) is 104 cm³/mol. The van der Waals surface area contributed by atoms with E-state index in [1.807, 2.05) is 45.0 Å². The minimum atomic E-state index is -0.610. The van der Waals surface area contributed by atoms with Crippen molar-refractivity contribution >= 4 is 34.3 Å². The molecule has 0 fully saturated rings. The lowest BCUT2D eigenvalue weighted by Gasteiger charge is -2.27. The van der Waals surface area contributed by atoms with Gasteiger partial charge in [0.2, 0.25) is 0 Å². The number of hydrogen-bond acceptors (Lipinski definition) is 6. The molecule has 0 aliphatic rings. The molecule has 1 N–H and O–H groups in total. The van der Waals surface area contributed by atoms with Crippen molar-refractivity contribution in [3.05, 3.63) is 24.3 Å². The first-order valence-corrected chi connectivity index (χ1v) is 8.85. The van der Waals surface area contributed by atoms with E-state index in [1.165, 1.54) is 0 Å². The lowest BCUT2D eigenvalue weighted by molar-refractivity contribution is -0.00945. The first-order chi connectivity index (χ1) is 12.0. The van der Waals surface area contributed by atoms with Crippen molar-refractivity contribution in [1.82, 2.24) is 20.3 Å². The number of ether oxygens (including phenoxy) is 2. The van der Waals surface area contributed by atoms with Crippen LogP contribution in [0.2, 0.25) is 0 Å². The summed E-state index contributed by atoms with van der Waals surface area (Å²) in [7, 11) is 0. The number of carbonyl (C=O) groups is 1. The molecule has 1 unspecified atom stereocenters. The Morgan fingerprint density at radius 2 is 1.85 bits per heavy atom. The van der Waals surface area contributed by atoms with Gasteiger partial charge in [0.25, 0.3) is 0 Å². The number of rotatable bonds is 4. The van der Waals surface area contributed by atoms with E-state index in [0.717, 1.165) is 11.0 Å². The highest BCUT2D eigenvalue weighted by molar-refractivity contribution is 7.80. The van der Waals surface area contributed by atoms with Crippen LogP contribution in [0.3, 0.4) is 0 Å². The Kier molecular flexibility index (Phi) is 5.98. The molecule has 0 radical (unpaired) electrons. The average Bonchev–Trinajstić information content (AvgIpc) is 2.92. The summed E-state index contributed by atoms with van der Waals surface area (Å²) < 4.78 is 12.7. The van der Waals surface area contributed by atoms with E-state index >= 15 is 0 Å². The Balaban J connectivity index is 2.24. The molecule has 142 valence electrons. The van der Waals surface area contributed by atoms with Crippen molar-refractivity contribution in [2.24, 2.45) is 0 Å². The molecule has 2 aromatic rings. The average molecular weight is 378 g/mol. The highest BCUT2D eigenvalue weighted by Gasteiger charge is 2.26. The van der Waals surface area contributed by atoms with Gasteiger partial charge in [0.1, 0.15) is 22.1 Å². The zero-order chi connectivity index (χ0) is 19.5. The second-order valence-electron chi connectivity index (χ2n) is 7.95. The highest BCUT2D eigenvalue weighted by Crippen LogP contribution is 2.14. The van der Waals surface area contributed by atoms with Crippen LogP contribution in [0.4, 0.5) is 4.79 Å². The summed E-state index contributed by atoms with van der Waals surface area (Å²) in [6.45, 7) is 11.4. The molecule has 1 aromatic heterocycles. The van der Waals surface area contributed by atoms with Crippen LogP contribution in [-0.2, 0) is 9.47 Å². The maximum atomic E-state index is 12.2. The van der Waals surface area contributed by atoms with Gasteiger partial charge in [-0.15, -0.1) is 5.10 Å². The van der Waals surface area contributed by atoms with E-state index in [0.29, 0.717) is 4.99 Å². The van der Waals surface area contributed by atoms with Gasteiger partial charge in [0.05, 0.1) is 17.7 Å². The van der Waals surface area contributed by atoms with Crippen LogP contribution in [-0.4, -0.2) is 49.9 Å². The smallest absolute Gasteiger partial charge is 0.408 e. The van der Waals surface area contributed by atoms with Crippen LogP contribution in [0.25, 0.3) is 11.0 Å². The fourth-order valence-corrected chi connectivity index (χ4v) is 2.40. The maximum Gasteiger partial charge on any atom is 0.408 e. The molecule has 0 bridgehead atoms. The number of fused-ring (bicyclic) bond motifs is 1. The van der Waals surface area contributed by atoms with Gasteiger partial charge in [-0.2, -0.15) is 0 Å². The largest absolute Gasteiger partial charge is 0.444 e. The third-order valence-corrected chi connectivity index (χ3v) is 3.69. The molecular formula is C18H26N4O3S. The van der Waals surface area contributed by atoms with Crippen LogP contribution in [0, 0.1) is 0 Å². The summed E-state index contributed by atoms with van der Waals surface area (Å²) in [4.78, 5) is 12.6. The molecule has 0 spiro atoms. The van der Waals surface area contributed by atoms with Gasteiger partial charge in [0.15, 0.2) is 0 Å². The minimum Gasteiger partial charge on any atom is -0.444 e. The van der Waals surface area contributed by atoms with E-state index in [4.69, 9.17) is 21.7 Å². The minimum absolute atomic E-state index is 0.190. The standard InChI is InChI=1S/C18H26N4O3S/c1-17(2,3)24-11-13(19-16(23)25-18(4,5)6)15(26)22-14-10-8-7-9-12(14)20-21-22/h7-10,13H,11H2,1-6H3,(H,19,23). The molecule has 7 nitrogen and oxygen atoms in total. The Bertz CT molecular complexity index is 790. The number of nitrogens with one attached hydrogen (secondary N) is 1.